The van der Waals surface area contributed by atoms with Gasteiger partial charge in [-0.15, -0.1) is 11.3 Å². The zero-order valence-electron chi connectivity index (χ0n) is 9.10. The molecule has 17 heavy (non-hydrogen) atoms. The lowest BCUT2D eigenvalue weighted by Gasteiger charge is -2.05. The number of phenolic OH excluding ortho intramolecular Hbond substituents is 1. The van der Waals surface area contributed by atoms with Gasteiger partial charge in [-0.05, 0) is 30.7 Å². The van der Waals surface area contributed by atoms with Gasteiger partial charge in [0, 0.05) is 11.1 Å². The minimum Gasteiger partial charge on any atom is -0.508 e. The topological polar surface area (TPSA) is 88.2 Å². The van der Waals surface area contributed by atoms with E-state index in [1.807, 2.05) is 0 Å². The van der Waals surface area contributed by atoms with E-state index in [-0.39, 0.29) is 11.7 Å². The van der Waals surface area contributed by atoms with E-state index in [4.69, 9.17) is 5.73 Å². The van der Waals surface area contributed by atoms with Crippen LogP contribution in [0.1, 0.15) is 16.1 Å². The van der Waals surface area contributed by atoms with E-state index in [2.05, 4.69) is 10.3 Å². The fraction of sp³-hybridized carbons (Fsp3) is 0.0909. The van der Waals surface area contributed by atoms with Gasteiger partial charge in [0.15, 0.2) is 5.13 Å². The summed E-state index contributed by atoms with van der Waals surface area (Å²) in [5.74, 6) is -0.121. The van der Waals surface area contributed by atoms with Gasteiger partial charge < -0.3 is 16.2 Å². The van der Waals surface area contributed by atoms with Crippen LogP contribution in [-0.2, 0) is 0 Å². The van der Waals surface area contributed by atoms with Gasteiger partial charge in [-0.1, -0.05) is 0 Å². The van der Waals surface area contributed by atoms with Crippen LogP contribution in [0, 0.1) is 6.92 Å². The Bertz CT molecular complexity index is 566. The summed E-state index contributed by atoms with van der Waals surface area (Å²) in [7, 11) is 0. The van der Waals surface area contributed by atoms with Crippen molar-refractivity contribution >= 4 is 28.1 Å². The van der Waals surface area contributed by atoms with E-state index in [0.717, 1.165) is 0 Å². The summed E-state index contributed by atoms with van der Waals surface area (Å²) in [4.78, 5) is 15.6. The number of phenols is 1. The van der Waals surface area contributed by atoms with Crippen molar-refractivity contribution in [2.45, 2.75) is 6.92 Å². The quantitative estimate of drug-likeness (QED) is 0.710. The van der Waals surface area contributed by atoms with Crippen molar-refractivity contribution in [2.24, 2.45) is 0 Å². The average Bonchev–Trinajstić information content (AvgIpc) is 2.70. The minimum atomic E-state index is -0.317. The number of nitrogens with one attached hydrogen (secondary N) is 1. The van der Waals surface area contributed by atoms with Crippen LogP contribution in [-0.4, -0.2) is 16.0 Å². The van der Waals surface area contributed by atoms with E-state index in [1.165, 1.54) is 17.4 Å². The van der Waals surface area contributed by atoms with Crippen molar-refractivity contribution in [3.8, 4) is 5.75 Å². The number of hydrogen-bond donors (Lipinski definition) is 3. The number of thiazole rings is 1. The fourth-order valence-electron chi connectivity index (χ4n) is 1.32. The average molecular weight is 249 g/mol. The van der Waals surface area contributed by atoms with E-state index in [0.29, 0.717) is 22.1 Å². The lowest BCUT2D eigenvalue weighted by atomic mass is 10.2. The normalized spacial score (nSPS) is 10.2. The molecule has 1 amide bonds. The summed E-state index contributed by atoms with van der Waals surface area (Å²) in [6, 6.07) is 4.83. The number of rotatable bonds is 2. The van der Waals surface area contributed by atoms with Crippen LogP contribution in [0.25, 0.3) is 0 Å². The molecular weight excluding hydrogens is 238 g/mol. The number of hydrogen-bond acceptors (Lipinski definition) is 5. The van der Waals surface area contributed by atoms with Crippen LogP contribution < -0.4 is 11.1 Å². The molecule has 0 saturated heterocycles. The van der Waals surface area contributed by atoms with Crippen LogP contribution in [0.2, 0.25) is 0 Å². The van der Waals surface area contributed by atoms with Gasteiger partial charge in [0.1, 0.15) is 11.4 Å². The second-order valence-electron chi connectivity index (χ2n) is 3.53. The lowest BCUT2D eigenvalue weighted by Crippen LogP contribution is -2.12. The molecule has 0 aliphatic carbocycles. The number of carbonyl (C=O) groups is 1. The van der Waals surface area contributed by atoms with E-state index in [1.54, 1.807) is 24.4 Å². The number of nitrogens with zero attached hydrogens (tertiary/aromatic N) is 1. The molecule has 0 aliphatic rings. The van der Waals surface area contributed by atoms with Crippen molar-refractivity contribution in [3.05, 3.63) is 34.8 Å². The monoisotopic (exact) mass is 249 g/mol. The molecule has 0 atom stereocenters. The second kappa shape index (κ2) is 4.42. The number of carbonyl (C=O) groups excluding carboxylic acids is 1. The molecule has 0 aliphatic heterocycles. The summed E-state index contributed by atoms with van der Waals surface area (Å²) < 4.78 is 0. The minimum absolute atomic E-state index is 0.195. The summed E-state index contributed by atoms with van der Waals surface area (Å²) >= 11 is 1.21. The molecular formula is C11H11N3O2S. The fourth-order valence-corrected chi connectivity index (χ4v) is 1.86. The van der Waals surface area contributed by atoms with Gasteiger partial charge >= 0.3 is 0 Å². The number of nitrogens with two attached hydrogens (primary N) is 1. The Morgan fingerprint density at radius 2 is 2.29 bits per heavy atom. The van der Waals surface area contributed by atoms with Gasteiger partial charge in [0.05, 0.1) is 0 Å². The molecule has 1 aromatic heterocycles. The van der Waals surface area contributed by atoms with Crippen LogP contribution in [0.5, 0.6) is 5.75 Å². The SMILES string of the molecule is Cc1cc(NC(=O)c2csc(N)n2)ccc1O. The van der Waals surface area contributed by atoms with Crippen LogP contribution >= 0.6 is 11.3 Å². The molecule has 1 aromatic carbocycles. The Morgan fingerprint density at radius 1 is 1.53 bits per heavy atom. The highest BCUT2D eigenvalue weighted by atomic mass is 32.1. The molecule has 2 rings (SSSR count). The molecule has 0 spiro atoms. The van der Waals surface area contributed by atoms with Crippen LogP contribution in [0.3, 0.4) is 0 Å². The number of aromatic nitrogens is 1. The Morgan fingerprint density at radius 3 is 2.88 bits per heavy atom. The molecule has 0 bridgehead atoms. The van der Waals surface area contributed by atoms with Gasteiger partial charge in [0.25, 0.3) is 5.91 Å². The van der Waals surface area contributed by atoms with Crippen molar-refractivity contribution in [1.29, 1.82) is 0 Å². The molecule has 0 unspecified atom stereocenters. The Labute approximate surface area is 102 Å². The largest absolute Gasteiger partial charge is 0.508 e. The third-order valence-corrected chi connectivity index (χ3v) is 2.88. The molecule has 4 N–H and O–H groups in total. The second-order valence-corrected chi connectivity index (χ2v) is 4.42. The molecule has 5 nitrogen and oxygen atoms in total. The highest BCUT2D eigenvalue weighted by Gasteiger charge is 2.10. The Kier molecular flexibility index (Phi) is 2.97. The van der Waals surface area contributed by atoms with Gasteiger partial charge in [-0.3, -0.25) is 4.79 Å². The zero-order valence-corrected chi connectivity index (χ0v) is 9.91. The molecule has 0 fully saturated rings. The van der Waals surface area contributed by atoms with Crippen LogP contribution in [0.15, 0.2) is 23.6 Å². The Hall–Kier alpha value is -2.08. The number of benzene rings is 1. The van der Waals surface area contributed by atoms with Gasteiger partial charge in [-0.25, -0.2) is 4.98 Å². The molecule has 0 saturated carbocycles. The van der Waals surface area contributed by atoms with Crippen molar-refractivity contribution in [3.63, 3.8) is 0 Å². The first-order valence-corrected chi connectivity index (χ1v) is 5.76. The lowest BCUT2D eigenvalue weighted by molar-refractivity contribution is 0.102. The summed E-state index contributed by atoms with van der Waals surface area (Å²) in [6.07, 6.45) is 0. The maximum absolute atomic E-state index is 11.7. The zero-order chi connectivity index (χ0) is 12.4. The first-order valence-electron chi connectivity index (χ1n) is 4.88. The molecule has 88 valence electrons. The number of aryl methyl sites for hydroxylation is 1. The summed E-state index contributed by atoms with van der Waals surface area (Å²) in [5.41, 5.74) is 7.04. The number of aromatic hydroxyl groups is 1. The summed E-state index contributed by atoms with van der Waals surface area (Å²) in [6.45, 7) is 1.76. The highest BCUT2D eigenvalue weighted by Crippen LogP contribution is 2.21. The van der Waals surface area contributed by atoms with Crippen molar-refractivity contribution in [2.75, 3.05) is 11.1 Å². The smallest absolute Gasteiger partial charge is 0.275 e. The number of nitrogen functional groups attached to an aromatic ring is 1. The van der Waals surface area contributed by atoms with E-state index >= 15 is 0 Å². The first kappa shape index (κ1) is 11.4. The van der Waals surface area contributed by atoms with E-state index in [9.17, 15) is 9.90 Å². The Balaban J connectivity index is 2.15. The van der Waals surface area contributed by atoms with Gasteiger partial charge in [0.2, 0.25) is 0 Å². The molecule has 1 heterocycles. The van der Waals surface area contributed by atoms with Crippen molar-refractivity contribution in [1.82, 2.24) is 4.98 Å². The highest BCUT2D eigenvalue weighted by molar-refractivity contribution is 7.13. The maximum Gasteiger partial charge on any atom is 0.275 e. The van der Waals surface area contributed by atoms with E-state index < -0.39 is 0 Å². The van der Waals surface area contributed by atoms with Gasteiger partial charge in [-0.2, -0.15) is 0 Å². The number of amides is 1. The molecule has 0 radical (unpaired) electrons. The van der Waals surface area contributed by atoms with Crippen molar-refractivity contribution < 1.29 is 9.90 Å². The third-order valence-electron chi connectivity index (χ3n) is 2.21. The number of anilines is 2. The maximum atomic E-state index is 11.7. The molecule has 2 aromatic rings. The molecule has 6 heteroatoms. The predicted octanol–water partition coefficient (Wildman–Crippen LogP) is 1.99. The first-order chi connectivity index (χ1) is 8.06. The predicted molar refractivity (Wildman–Crippen MR) is 67.3 cm³/mol. The summed E-state index contributed by atoms with van der Waals surface area (Å²) in [5, 5.41) is 14.0. The third kappa shape index (κ3) is 2.54. The van der Waals surface area contributed by atoms with Crippen LogP contribution in [0.4, 0.5) is 10.8 Å². The standard InChI is InChI=1S/C11H11N3O2S/c1-6-4-7(2-3-9(6)15)13-10(16)8-5-17-11(12)14-8/h2-5,15H,1H3,(H2,12,14)(H,13,16).